The zero-order valence-corrected chi connectivity index (χ0v) is 11.5. The fourth-order valence-corrected chi connectivity index (χ4v) is 3.71. The van der Waals surface area contributed by atoms with Crippen molar-refractivity contribution in [2.75, 3.05) is 6.54 Å². The summed E-state index contributed by atoms with van der Waals surface area (Å²) in [7, 11) is 0. The molecule has 3 nitrogen and oxygen atoms in total. The minimum absolute atomic E-state index is 0.233. The molecule has 3 fully saturated rings. The Balaban J connectivity index is 1.71. The number of nitrogens with two attached hydrogens (primary N) is 1. The Labute approximate surface area is 110 Å². The van der Waals surface area contributed by atoms with Crippen molar-refractivity contribution in [1.82, 2.24) is 4.90 Å². The Morgan fingerprint density at radius 3 is 2.50 bits per heavy atom. The predicted octanol–water partition coefficient (Wildman–Crippen LogP) is 2.15. The summed E-state index contributed by atoms with van der Waals surface area (Å²) in [6, 6.07) is 1.04. The van der Waals surface area contributed by atoms with Gasteiger partial charge in [0.05, 0.1) is 0 Å². The molecule has 0 aromatic rings. The van der Waals surface area contributed by atoms with E-state index in [4.69, 9.17) is 5.73 Å². The maximum absolute atomic E-state index is 12.8. The van der Waals surface area contributed by atoms with Gasteiger partial charge in [-0.1, -0.05) is 6.42 Å². The van der Waals surface area contributed by atoms with Gasteiger partial charge in [0.25, 0.3) is 0 Å². The van der Waals surface area contributed by atoms with Gasteiger partial charge in [-0.25, -0.2) is 0 Å². The highest BCUT2D eigenvalue weighted by Crippen LogP contribution is 2.42. The number of carbonyl (C=O) groups excluding carboxylic acids is 1. The molecule has 0 saturated heterocycles. The number of hydrogen-bond donors (Lipinski definition) is 1. The molecule has 0 radical (unpaired) electrons. The van der Waals surface area contributed by atoms with Crippen molar-refractivity contribution in [2.24, 2.45) is 23.5 Å². The zero-order valence-electron chi connectivity index (χ0n) is 11.5. The molecule has 0 aromatic heterocycles. The van der Waals surface area contributed by atoms with E-state index in [9.17, 15) is 4.79 Å². The van der Waals surface area contributed by atoms with Crippen molar-refractivity contribution < 1.29 is 4.79 Å². The molecule has 18 heavy (non-hydrogen) atoms. The van der Waals surface area contributed by atoms with Crippen LogP contribution in [0.4, 0.5) is 0 Å². The second kappa shape index (κ2) is 4.84. The number of amides is 1. The first-order valence-electron chi connectivity index (χ1n) is 7.74. The average molecular weight is 250 g/mol. The molecule has 0 bridgehead atoms. The normalized spacial score (nSPS) is 33.4. The largest absolute Gasteiger partial charge is 0.336 e. The first kappa shape index (κ1) is 12.5. The van der Waals surface area contributed by atoms with Crippen LogP contribution in [0.5, 0.6) is 0 Å². The molecular weight excluding hydrogens is 224 g/mol. The Morgan fingerprint density at radius 1 is 1.22 bits per heavy atom. The first-order chi connectivity index (χ1) is 8.72. The van der Waals surface area contributed by atoms with E-state index in [-0.39, 0.29) is 5.92 Å². The van der Waals surface area contributed by atoms with E-state index < -0.39 is 0 Å². The van der Waals surface area contributed by atoms with Crippen molar-refractivity contribution >= 4 is 5.91 Å². The lowest BCUT2D eigenvalue weighted by Crippen LogP contribution is -2.46. The molecule has 3 aliphatic rings. The maximum atomic E-state index is 12.8. The Hall–Kier alpha value is -0.570. The van der Waals surface area contributed by atoms with Crippen LogP contribution in [0.15, 0.2) is 0 Å². The third-order valence-corrected chi connectivity index (χ3v) is 5.22. The molecule has 3 heteroatoms. The third-order valence-electron chi connectivity index (χ3n) is 5.22. The summed E-state index contributed by atoms with van der Waals surface area (Å²) < 4.78 is 0. The summed E-state index contributed by atoms with van der Waals surface area (Å²) >= 11 is 0. The van der Waals surface area contributed by atoms with Crippen molar-refractivity contribution in [2.45, 2.75) is 64.0 Å². The minimum atomic E-state index is 0.233. The maximum Gasteiger partial charge on any atom is 0.226 e. The van der Waals surface area contributed by atoms with Crippen LogP contribution in [0, 0.1) is 17.8 Å². The van der Waals surface area contributed by atoms with Gasteiger partial charge in [0.1, 0.15) is 0 Å². The molecule has 0 spiro atoms. The number of nitrogens with zero attached hydrogens (tertiary/aromatic N) is 1. The summed E-state index contributed by atoms with van der Waals surface area (Å²) in [6.45, 7) is 2.95. The quantitative estimate of drug-likeness (QED) is 0.812. The van der Waals surface area contributed by atoms with Crippen LogP contribution in [-0.4, -0.2) is 29.4 Å². The van der Waals surface area contributed by atoms with Gasteiger partial charge in [-0.2, -0.15) is 0 Å². The monoisotopic (exact) mass is 250 g/mol. The topological polar surface area (TPSA) is 46.3 Å². The number of rotatable bonds is 5. The summed E-state index contributed by atoms with van der Waals surface area (Å²) in [6.07, 6.45) is 8.51. The van der Waals surface area contributed by atoms with E-state index in [0.29, 0.717) is 30.5 Å². The highest BCUT2D eigenvalue weighted by Gasteiger charge is 2.45. The van der Waals surface area contributed by atoms with E-state index in [1.807, 2.05) is 0 Å². The molecule has 3 saturated carbocycles. The summed E-state index contributed by atoms with van der Waals surface area (Å²) in [5.41, 5.74) is 5.83. The van der Waals surface area contributed by atoms with E-state index >= 15 is 0 Å². The standard InChI is InChI=1S/C15H26N2O/c1-10(11-5-6-11)17(13-7-8-13)15(18)14-4-2-3-12(14)9-16/h10-14H,2-9,16H2,1H3/t10?,12-,14-/m1/s1. The lowest BCUT2D eigenvalue weighted by molar-refractivity contribution is -0.139. The molecule has 3 aliphatic carbocycles. The van der Waals surface area contributed by atoms with Gasteiger partial charge in [0.15, 0.2) is 0 Å². The van der Waals surface area contributed by atoms with E-state index in [0.717, 1.165) is 18.8 Å². The molecule has 1 unspecified atom stereocenters. The minimum Gasteiger partial charge on any atom is -0.336 e. The van der Waals surface area contributed by atoms with Gasteiger partial charge in [0, 0.05) is 18.0 Å². The fraction of sp³-hybridized carbons (Fsp3) is 0.933. The highest BCUT2D eigenvalue weighted by atomic mass is 16.2. The first-order valence-corrected chi connectivity index (χ1v) is 7.74. The molecule has 0 heterocycles. The van der Waals surface area contributed by atoms with Crippen molar-refractivity contribution in [3.63, 3.8) is 0 Å². The van der Waals surface area contributed by atoms with Crippen molar-refractivity contribution in [3.05, 3.63) is 0 Å². The predicted molar refractivity (Wildman–Crippen MR) is 71.9 cm³/mol. The molecule has 1 amide bonds. The summed E-state index contributed by atoms with van der Waals surface area (Å²) in [5.74, 6) is 1.90. The smallest absolute Gasteiger partial charge is 0.226 e. The van der Waals surface area contributed by atoms with Gasteiger partial charge >= 0.3 is 0 Å². The van der Waals surface area contributed by atoms with E-state index in [1.165, 1.54) is 32.1 Å². The van der Waals surface area contributed by atoms with Crippen LogP contribution in [0.2, 0.25) is 0 Å². The van der Waals surface area contributed by atoms with Crippen LogP contribution < -0.4 is 5.73 Å². The number of carbonyl (C=O) groups is 1. The van der Waals surface area contributed by atoms with Crippen LogP contribution in [-0.2, 0) is 4.79 Å². The van der Waals surface area contributed by atoms with Crippen molar-refractivity contribution in [1.29, 1.82) is 0 Å². The molecule has 0 aliphatic heterocycles. The molecule has 3 atom stereocenters. The average Bonchev–Trinajstić information content (AvgIpc) is 3.27. The van der Waals surface area contributed by atoms with Gasteiger partial charge in [-0.05, 0) is 63.8 Å². The van der Waals surface area contributed by atoms with Crippen molar-refractivity contribution in [3.8, 4) is 0 Å². The molecule has 0 aromatic carbocycles. The SMILES string of the molecule is CC(C1CC1)N(C(=O)[C@@H]1CCC[C@@H]1CN)C1CC1. The van der Waals surface area contributed by atoms with Crippen LogP contribution in [0.3, 0.4) is 0 Å². The molecule has 2 N–H and O–H groups in total. The van der Waals surface area contributed by atoms with Crippen LogP contribution in [0.25, 0.3) is 0 Å². The molecule has 102 valence electrons. The zero-order chi connectivity index (χ0) is 12.7. The highest BCUT2D eigenvalue weighted by molar-refractivity contribution is 5.80. The second-order valence-electron chi connectivity index (χ2n) is 6.59. The van der Waals surface area contributed by atoms with Gasteiger partial charge in [-0.15, -0.1) is 0 Å². The van der Waals surface area contributed by atoms with Gasteiger partial charge in [0.2, 0.25) is 5.91 Å². The fourth-order valence-electron chi connectivity index (χ4n) is 3.71. The molecular formula is C15H26N2O. The lowest BCUT2D eigenvalue weighted by atomic mass is 9.93. The Morgan fingerprint density at radius 2 is 1.94 bits per heavy atom. The van der Waals surface area contributed by atoms with E-state index in [1.54, 1.807) is 0 Å². The van der Waals surface area contributed by atoms with Gasteiger partial charge < -0.3 is 10.6 Å². The number of hydrogen-bond acceptors (Lipinski definition) is 2. The Kier molecular flexibility index (Phi) is 3.35. The Bertz CT molecular complexity index is 322. The third kappa shape index (κ3) is 2.29. The van der Waals surface area contributed by atoms with Crippen LogP contribution in [0.1, 0.15) is 51.9 Å². The summed E-state index contributed by atoms with van der Waals surface area (Å²) in [5, 5.41) is 0. The van der Waals surface area contributed by atoms with Gasteiger partial charge in [-0.3, -0.25) is 4.79 Å². The molecule has 3 rings (SSSR count). The second-order valence-corrected chi connectivity index (χ2v) is 6.59. The lowest BCUT2D eigenvalue weighted by Gasteiger charge is -2.33. The van der Waals surface area contributed by atoms with Crippen LogP contribution >= 0.6 is 0 Å². The summed E-state index contributed by atoms with van der Waals surface area (Å²) in [4.78, 5) is 15.1. The van der Waals surface area contributed by atoms with E-state index in [2.05, 4.69) is 11.8 Å².